The number of benzene rings is 2. The highest BCUT2D eigenvalue weighted by Gasteiger charge is 2.58. The predicted octanol–water partition coefficient (Wildman–Crippen LogP) is 9.07. The molecule has 0 atom stereocenters. The van der Waals surface area contributed by atoms with E-state index in [1.165, 1.54) is 29.2 Å². The maximum Gasteiger partial charge on any atom is 0.417 e. The summed E-state index contributed by atoms with van der Waals surface area (Å²) in [4.78, 5) is 24.2. The number of amidine groups is 1. The number of nitriles is 2. The number of ether oxygens (including phenoxy) is 1. The zero-order valence-corrected chi connectivity index (χ0v) is 32.3. The van der Waals surface area contributed by atoms with E-state index >= 15 is 0 Å². The number of anilines is 3. The lowest BCUT2D eigenvalue weighted by molar-refractivity contribution is -0.137. The number of nitrogens with one attached hydrogen (secondary N) is 1. The largest absolute Gasteiger partial charge is 0.444 e. The van der Waals surface area contributed by atoms with Gasteiger partial charge in [-0.3, -0.25) is 4.90 Å². The van der Waals surface area contributed by atoms with E-state index in [2.05, 4.69) is 15.2 Å². The first-order valence-electron chi connectivity index (χ1n) is 17.6. The summed E-state index contributed by atoms with van der Waals surface area (Å²) >= 11 is 11.5. The van der Waals surface area contributed by atoms with Crippen LogP contribution in [0.4, 0.5) is 48.2 Å². The summed E-state index contributed by atoms with van der Waals surface area (Å²) in [5.41, 5.74) is -2.03. The fourth-order valence-electron chi connectivity index (χ4n) is 6.56. The van der Waals surface area contributed by atoms with Gasteiger partial charge in [-0.05, 0) is 113 Å². The monoisotopic (exact) mass is 816 g/mol. The number of halogens is 6. The maximum absolute atomic E-state index is 13.7. The van der Waals surface area contributed by atoms with Crippen molar-refractivity contribution in [1.29, 1.82) is 10.5 Å². The van der Waals surface area contributed by atoms with E-state index in [4.69, 9.17) is 29.2 Å². The molecule has 1 saturated carbocycles. The Hall–Kier alpha value is -5.20. The Morgan fingerprint density at radius 3 is 2.18 bits per heavy atom. The molecule has 1 N–H and O–H groups in total. The van der Waals surface area contributed by atoms with Crippen molar-refractivity contribution in [1.82, 2.24) is 9.80 Å². The van der Waals surface area contributed by atoms with Gasteiger partial charge in [-0.2, -0.15) is 36.9 Å². The molecule has 5 rings (SSSR count). The molecule has 56 heavy (non-hydrogen) atoms. The van der Waals surface area contributed by atoms with Gasteiger partial charge in [-0.15, -0.1) is 0 Å². The molecular weight excluding hydrogens is 779 g/mol. The normalized spacial score (nSPS) is 18.3. The average Bonchev–Trinajstić information content (AvgIpc) is 3.36. The maximum atomic E-state index is 13.7. The first-order chi connectivity index (χ1) is 26.3. The molecule has 1 spiro atoms. The van der Waals surface area contributed by atoms with Gasteiger partial charge >= 0.3 is 18.4 Å². The van der Waals surface area contributed by atoms with Crippen molar-refractivity contribution in [3.63, 3.8) is 0 Å². The molecule has 2 aliphatic heterocycles. The molecule has 0 unspecified atom stereocenters. The average molecular weight is 817 g/mol. The van der Waals surface area contributed by atoms with Crippen LogP contribution in [-0.4, -0.2) is 75.4 Å². The van der Waals surface area contributed by atoms with Crippen LogP contribution in [0.2, 0.25) is 0 Å². The summed E-state index contributed by atoms with van der Waals surface area (Å²) in [7, 11) is 0. The van der Waals surface area contributed by atoms with Crippen LogP contribution in [0, 0.1) is 22.7 Å². The van der Waals surface area contributed by atoms with Gasteiger partial charge in [0.15, 0.2) is 10.2 Å². The Balaban J connectivity index is 1.50. The van der Waals surface area contributed by atoms with Gasteiger partial charge in [0, 0.05) is 48.9 Å². The molecular formula is C38H38F6N8O2S2. The molecule has 1 amide bonds. The number of aliphatic imine (C=N–C) groups is 1. The molecule has 18 heteroatoms. The minimum atomic E-state index is -4.83. The van der Waals surface area contributed by atoms with E-state index in [0.717, 1.165) is 23.9 Å². The first-order valence-corrected chi connectivity index (χ1v) is 18.4. The summed E-state index contributed by atoms with van der Waals surface area (Å²) < 4.78 is 87.6. The summed E-state index contributed by atoms with van der Waals surface area (Å²) in [6.45, 7) is 7.41. The number of carbonyl (C=O) groups is 1. The number of nitrogens with zero attached hydrogens (tertiary/aromatic N) is 7. The number of thiocarbonyl (C=S) groups is 2. The van der Waals surface area contributed by atoms with Gasteiger partial charge in [-0.1, -0.05) is 12.2 Å². The summed E-state index contributed by atoms with van der Waals surface area (Å²) in [5, 5.41) is 20.8. The van der Waals surface area contributed by atoms with Gasteiger partial charge in [0.25, 0.3) is 0 Å². The van der Waals surface area contributed by atoms with Crippen molar-refractivity contribution in [2.45, 2.75) is 76.4 Å². The molecule has 3 aliphatic rings. The highest BCUT2D eigenvalue weighted by Crippen LogP contribution is 2.49. The summed E-state index contributed by atoms with van der Waals surface area (Å²) in [6, 6.07) is 13.8. The minimum absolute atomic E-state index is 0.0184. The predicted molar refractivity (Wildman–Crippen MR) is 208 cm³/mol. The van der Waals surface area contributed by atoms with Crippen LogP contribution < -0.4 is 15.1 Å². The highest BCUT2D eigenvalue weighted by atomic mass is 32.1. The van der Waals surface area contributed by atoms with Crippen LogP contribution in [0.25, 0.3) is 0 Å². The Bertz CT molecular complexity index is 2020. The van der Waals surface area contributed by atoms with E-state index in [1.807, 2.05) is 30.3 Å². The molecule has 0 aromatic heterocycles. The molecule has 0 radical (unpaired) electrons. The topological polar surface area (TPSA) is 111 Å². The van der Waals surface area contributed by atoms with Crippen molar-refractivity contribution in [3.05, 3.63) is 77.5 Å². The van der Waals surface area contributed by atoms with Crippen LogP contribution in [-0.2, 0) is 10.9 Å². The number of amides is 1. The van der Waals surface area contributed by atoms with Crippen LogP contribution in [0.3, 0.4) is 0 Å². The van der Waals surface area contributed by atoms with Gasteiger partial charge in [-0.25, -0.2) is 9.79 Å². The number of allylic oxidation sites excluding steroid dienone is 3. The zero-order chi connectivity index (χ0) is 41.1. The zero-order valence-electron chi connectivity index (χ0n) is 30.7. The third kappa shape index (κ3) is 9.59. The molecule has 2 aromatic rings. The lowest BCUT2D eigenvalue weighted by Gasteiger charge is -2.45. The number of rotatable bonds is 7. The van der Waals surface area contributed by atoms with E-state index in [1.54, 1.807) is 30.6 Å². The Morgan fingerprint density at radius 1 is 1.00 bits per heavy atom. The fraction of sp³-hybridized carbons (Fsp3) is 0.421. The quantitative estimate of drug-likeness (QED) is 0.165. The van der Waals surface area contributed by atoms with Crippen LogP contribution in [0.1, 0.15) is 64.0 Å². The molecule has 10 nitrogen and oxygen atoms in total. The lowest BCUT2D eigenvalue weighted by Crippen LogP contribution is -2.55. The second-order valence-electron chi connectivity index (χ2n) is 14.3. The molecule has 296 valence electrons. The standard InChI is InChI=1S/C38H38F6N8O2S2/c1-35(2,3)54-34(53)50-21-19-49(20-22-50)27-10-12-29(13-11-27)52-33(56)51(28(7-4-5-18-45)14-17-37(39,40)41)31(36(52)15-6-16-36)48-32(55)47-26-9-8-25(24-46)30(23-26)38(42,43)44/h4,7-14,23H,5-6,15-17,19-22H2,1-3H3,(H,47,55)/b7-4-,28-14+,48-31+. The van der Waals surface area contributed by atoms with Gasteiger partial charge in [0.1, 0.15) is 17.0 Å². The second-order valence-corrected chi connectivity index (χ2v) is 15.0. The third-order valence-electron chi connectivity index (χ3n) is 9.23. The SMILES string of the molecule is CC(C)(C)OC(=O)N1CCN(c2ccc(N3C(=S)N(C(/C=C\CC#N)=C/CC(F)(F)F)/C(=N/C(=S)Nc4ccc(C#N)c(C(F)(F)F)c4)C34CCC4)cc2)CC1. The number of carbonyl (C=O) groups excluding carboxylic acids is 1. The Morgan fingerprint density at radius 2 is 1.64 bits per heavy atom. The van der Waals surface area contributed by atoms with Crippen molar-refractivity contribution in [2.24, 2.45) is 4.99 Å². The summed E-state index contributed by atoms with van der Waals surface area (Å²) in [6.07, 6.45) is -5.96. The van der Waals surface area contributed by atoms with E-state index in [9.17, 15) is 41.7 Å². The van der Waals surface area contributed by atoms with Crippen LogP contribution >= 0.6 is 24.4 Å². The smallest absolute Gasteiger partial charge is 0.417 e. The van der Waals surface area contributed by atoms with Crippen molar-refractivity contribution in [3.8, 4) is 12.1 Å². The Kier molecular flexibility index (Phi) is 12.4. The molecule has 0 bridgehead atoms. The van der Waals surface area contributed by atoms with Crippen molar-refractivity contribution >= 4 is 63.7 Å². The van der Waals surface area contributed by atoms with E-state index in [-0.39, 0.29) is 40.0 Å². The van der Waals surface area contributed by atoms with E-state index < -0.39 is 41.0 Å². The minimum Gasteiger partial charge on any atom is -0.444 e. The molecule has 2 heterocycles. The van der Waals surface area contributed by atoms with Gasteiger partial charge in [0.05, 0.1) is 36.1 Å². The first kappa shape index (κ1) is 42.0. The molecule has 1 aliphatic carbocycles. The summed E-state index contributed by atoms with van der Waals surface area (Å²) in [5.74, 6) is 0.160. The number of hydrogen-bond acceptors (Lipinski definition) is 7. The molecule has 2 saturated heterocycles. The molecule has 2 aromatic carbocycles. The van der Waals surface area contributed by atoms with Crippen LogP contribution in [0.5, 0.6) is 0 Å². The lowest BCUT2D eigenvalue weighted by atomic mass is 9.74. The second kappa shape index (κ2) is 16.5. The highest BCUT2D eigenvalue weighted by molar-refractivity contribution is 7.81. The Labute approximate surface area is 331 Å². The van der Waals surface area contributed by atoms with Crippen molar-refractivity contribution < 1.29 is 35.9 Å². The number of hydrogen-bond donors (Lipinski definition) is 1. The van der Waals surface area contributed by atoms with Crippen LogP contribution in [0.15, 0.2) is 71.4 Å². The van der Waals surface area contributed by atoms with Gasteiger partial charge in [0.2, 0.25) is 0 Å². The number of piperazine rings is 1. The van der Waals surface area contributed by atoms with Gasteiger partial charge < -0.3 is 24.8 Å². The van der Waals surface area contributed by atoms with E-state index in [0.29, 0.717) is 51.1 Å². The number of alkyl halides is 6. The third-order valence-corrected chi connectivity index (χ3v) is 9.79. The molecule has 3 fully saturated rings. The van der Waals surface area contributed by atoms with Crippen molar-refractivity contribution in [2.75, 3.05) is 41.3 Å². The fourth-order valence-corrected chi connectivity index (χ4v) is 7.24.